The summed E-state index contributed by atoms with van der Waals surface area (Å²) in [4.78, 5) is 15.9. The molecule has 0 spiro atoms. The van der Waals surface area contributed by atoms with Gasteiger partial charge in [-0.15, -0.1) is 0 Å². The molecular weight excluding hydrogens is 460 g/mol. The average molecular weight is 497 g/mol. The fraction of sp³-hybridized carbons (Fsp3) is 0.536. The molecule has 35 heavy (non-hydrogen) atoms. The number of fused-ring (bicyclic) bond motifs is 1. The largest absolute Gasteiger partial charge is 0.494 e. The molecule has 7 heteroatoms. The van der Waals surface area contributed by atoms with Crippen LogP contribution in [0.3, 0.4) is 0 Å². The SMILES string of the molecule is CCOc1ccc(C2CCCN2C(=O)C2CCN(S(=O)(=O)c3ccc4c(c3)CCCC4)CC2)cc1. The molecule has 0 aromatic heterocycles. The number of ether oxygens (including phenoxy) is 1. The first-order valence-electron chi connectivity index (χ1n) is 13.1. The van der Waals surface area contributed by atoms with Crippen LogP contribution in [0.5, 0.6) is 5.75 Å². The van der Waals surface area contributed by atoms with Crippen LogP contribution in [0.1, 0.15) is 68.2 Å². The van der Waals surface area contributed by atoms with E-state index in [1.165, 1.54) is 17.5 Å². The monoisotopic (exact) mass is 496 g/mol. The molecule has 0 radical (unpaired) electrons. The third-order valence-corrected chi connectivity index (χ3v) is 9.77. The molecule has 2 aromatic rings. The summed E-state index contributed by atoms with van der Waals surface area (Å²) < 4.78 is 33.8. The van der Waals surface area contributed by atoms with Gasteiger partial charge in [-0.1, -0.05) is 18.2 Å². The highest BCUT2D eigenvalue weighted by molar-refractivity contribution is 7.89. The number of sulfonamides is 1. The van der Waals surface area contributed by atoms with Crippen molar-refractivity contribution in [3.05, 3.63) is 59.2 Å². The van der Waals surface area contributed by atoms with Crippen LogP contribution in [0, 0.1) is 5.92 Å². The van der Waals surface area contributed by atoms with Crippen molar-refractivity contribution in [2.75, 3.05) is 26.2 Å². The average Bonchev–Trinajstić information content (AvgIpc) is 3.39. The summed E-state index contributed by atoms with van der Waals surface area (Å²) in [6.07, 6.45) is 7.42. The van der Waals surface area contributed by atoms with E-state index in [-0.39, 0.29) is 17.9 Å². The number of hydrogen-bond acceptors (Lipinski definition) is 4. The molecule has 0 bridgehead atoms. The molecule has 2 saturated heterocycles. The number of likely N-dealkylation sites (tertiary alicyclic amines) is 1. The van der Waals surface area contributed by atoms with Gasteiger partial charge in [-0.2, -0.15) is 4.31 Å². The Morgan fingerprint density at radius 1 is 0.914 bits per heavy atom. The molecule has 1 atom stereocenters. The Kier molecular flexibility index (Phi) is 7.17. The number of amides is 1. The minimum atomic E-state index is -3.53. The number of rotatable bonds is 6. The topological polar surface area (TPSA) is 66.9 Å². The van der Waals surface area contributed by atoms with E-state index in [4.69, 9.17) is 4.74 Å². The van der Waals surface area contributed by atoms with Crippen LogP contribution in [0.4, 0.5) is 0 Å². The fourth-order valence-electron chi connectivity index (χ4n) is 5.93. The zero-order chi connectivity index (χ0) is 24.4. The van der Waals surface area contributed by atoms with Crippen molar-refractivity contribution in [3.8, 4) is 5.75 Å². The summed E-state index contributed by atoms with van der Waals surface area (Å²) in [6, 6.07) is 13.8. The van der Waals surface area contributed by atoms with Crippen molar-refractivity contribution in [1.82, 2.24) is 9.21 Å². The molecule has 188 valence electrons. The summed E-state index contributed by atoms with van der Waals surface area (Å²) in [6.45, 7) is 4.17. The second-order valence-electron chi connectivity index (χ2n) is 10.0. The highest BCUT2D eigenvalue weighted by Crippen LogP contribution is 2.36. The van der Waals surface area contributed by atoms with Crippen LogP contribution in [0.25, 0.3) is 0 Å². The van der Waals surface area contributed by atoms with E-state index in [0.29, 0.717) is 37.4 Å². The van der Waals surface area contributed by atoms with E-state index < -0.39 is 10.0 Å². The van der Waals surface area contributed by atoms with E-state index in [0.717, 1.165) is 50.0 Å². The van der Waals surface area contributed by atoms with Crippen LogP contribution in [0.2, 0.25) is 0 Å². The van der Waals surface area contributed by atoms with Gasteiger partial charge in [0, 0.05) is 25.6 Å². The van der Waals surface area contributed by atoms with Crippen LogP contribution >= 0.6 is 0 Å². The quantitative estimate of drug-likeness (QED) is 0.580. The summed E-state index contributed by atoms with van der Waals surface area (Å²) in [7, 11) is -3.53. The van der Waals surface area contributed by atoms with E-state index in [1.54, 1.807) is 10.4 Å². The standard InChI is InChI=1S/C28H36N2O4S/c1-2-34-25-12-9-22(10-13-25)27-8-5-17-30(27)28(31)23-15-18-29(19-16-23)35(32,33)26-14-11-21-6-3-4-7-24(21)20-26/h9-14,20,23,27H,2-8,15-19H2,1H3. The number of piperidine rings is 1. The van der Waals surface area contributed by atoms with E-state index in [9.17, 15) is 13.2 Å². The minimum absolute atomic E-state index is 0.0930. The molecule has 0 saturated carbocycles. The van der Waals surface area contributed by atoms with E-state index >= 15 is 0 Å². The maximum Gasteiger partial charge on any atom is 0.243 e. The maximum absolute atomic E-state index is 13.5. The van der Waals surface area contributed by atoms with Gasteiger partial charge in [0.05, 0.1) is 17.5 Å². The van der Waals surface area contributed by atoms with Gasteiger partial charge < -0.3 is 9.64 Å². The third kappa shape index (κ3) is 4.98. The molecule has 1 unspecified atom stereocenters. The van der Waals surface area contributed by atoms with Gasteiger partial charge in [0.25, 0.3) is 0 Å². The molecule has 2 fully saturated rings. The lowest BCUT2D eigenvalue weighted by Gasteiger charge is -2.34. The second kappa shape index (κ2) is 10.3. The number of carbonyl (C=O) groups is 1. The molecule has 0 N–H and O–H groups in total. The highest BCUT2D eigenvalue weighted by atomic mass is 32.2. The Hall–Kier alpha value is -2.38. The predicted molar refractivity (Wildman–Crippen MR) is 136 cm³/mol. The Bertz CT molecular complexity index is 1150. The van der Waals surface area contributed by atoms with E-state index in [2.05, 4.69) is 12.1 Å². The molecule has 6 nitrogen and oxygen atoms in total. The minimum Gasteiger partial charge on any atom is -0.494 e. The zero-order valence-corrected chi connectivity index (χ0v) is 21.4. The van der Waals surface area contributed by atoms with Crippen LogP contribution in [-0.2, 0) is 27.7 Å². The van der Waals surface area contributed by atoms with Crippen molar-refractivity contribution in [2.45, 2.75) is 69.2 Å². The van der Waals surface area contributed by atoms with Gasteiger partial charge in [-0.25, -0.2) is 8.42 Å². The predicted octanol–water partition coefficient (Wildman–Crippen LogP) is 4.73. The third-order valence-electron chi connectivity index (χ3n) is 7.87. The summed E-state index contributed by atoms with van der Waals surface area (Å²) in [5.41, 5.74) is 3.61. The second-order valence-corrected chi connectivity index (χ2v) is 11.9. The molecular formula is C28H36N2O4S. The van der Waals surface area contributed by atoms with Crippen molar-refractivity contribution in [3.63, 3.8) is 0 Å². The molecule has 3 aliphatic rings. The van der Waals surface area contributed by atoms with Gasteiger partial charge >= 0.3 is 0 Å². The first kappa shape index (κ1) is 24.3. The van der Waals surface area contributed by atoms with Gasteiger partial charge in [0.15, 0.2) is 0 Å². The molecule has 2 aromatic carbocycles. The van der Waals surface area contributed by atoms with Crippen LogP contribution < -0.4 is 4.74 Å². The van der Waals surface area contributed by atoms with Crippen molar-refractivity contribution >= 4 is 15.9 Å². The zero-order valence-electron chi connectivity index (χ0n) is 20.6. The first-order valence-corrected chi connectivity index (χ1v) is 14.6. The number of hydrogen-bond donors (Lipinski definition) is 0. The lowest BCUT2D eigenvalue weighted by Crippen LogP contribution is -2.44. The Balaban J connectivity index is 1.23. The Morgan fingerprint density at radius 3 is 2.34 bits per heavy atom. The number of nitrogens with zero attached hydrogens (tertiary/aromatic N) is 2. The molecule has 2 heterocycles. The molecule has 5 rings (SSSR count). The van der Waals surface area contributed by atoms with Gasteiger partial charge in [-0.3, -0.25) is 4.79 Å². The van der Waals surface area contributed by atoms with Crippen molar-refractivity contribution in [2.24, 2.45) is 5.92 Å². The normalized spacial score (nSPS) is 21.6. The molecule has 1 amide bonds. The highest BCUT2D eigenvalue weighted by Gasteiger charge is 2.37. The number of carbonyl (C=O) groups excluding carboxylic acids is 1. The van der Waals surface area contributed by atoms with Gasteiger partial charge in [0.1, 0.15) is 5.75 Å². The van der Waals surface area contributed by atoms with Crippen LogP contribution in [-0.4, -0.2) is 49.8 Å². The first-order chi connectivity index (χ1) is 17.0. The molecule has 2 aliphatic heterocycles. The molecule has 1 aliphatic carbocycles. The Labute approximate surface area is 209 Å². The van der Waals surface area contributed by atoms with Gasteiger partial charge in [-0.05, 0) is 99.2 Å². The summed E-state index contributed by atoms with van der Waals surface area (Å²) in [5.74, 6) is 0.903. The lowest BCUT2D eigenvalue weighted by molar-refractivity contribution is -0.137. The number of aryl methyl sites for hydroxylation is 2. The number of benzene rings is 2. The summed E-state index contributed by atoms with van der Waals surface area (Å²) in [5, 5.41) is 0. The summed E-state index contributed by atoms with van der Waals surface area (Å²) >= 11 is 0. The lowest BCUT2D eigenvalue weighted by atomic mass is 9.92. The maximum atomic E-state index is 13.5. The van der Waals surface area contributed by atoms with Gasteiger partial charge in [0.2, 0.25) is 15.9 Å². The van der Waals surface area contributed by atoms with Crippen LogP contribution in [0.15, 0.2) is 47.4 Å². The van der Waals surface area contributed by atoms with E-state index in [1.807, 2.05) is 36.1 Å². The fourth-order valence-corrected chi connectivity index (χ4v) is 7.45. The Morgan fingerprint density at radius 2 is 1.63 bits per heavy atom. The van der Waals surface area contributed by atoms with Crippen molar-refractivity contribution in [1.29, 1.82) is 0 Å². The van der Waals surface area contributed by atoms with Crippen molar-refractivity contribution < 1.29 is 17.9 Å². The smallest absolute Gasteiger partial charge is 0.243 e.